The van der Waals surface area contributed by atoms with E-state index in [1.807, 2.05) is 0 Å². The van der Waals surface area contributed by atoms with E-state index in [1.165, 1.54) is 30.7 Å². The Bertz CT molecular complexity index is 323. The molecule has 2 rings (SSSR count). The van der Waals surface area contributed by atoms with E-state index in [0.717, 1.165) is 31.3 Å². The van der Waals surface area contributed by atoms with Gasteiger partial charge in [0.25, 0.3) is 0 Å². The summed E-state index contributed by atoms with van der Waals surface area (Å²) in [5, 5.41) is 6.64. The predicted molar refractivity (Wildman–Crippen MR) is 71.1 cm³/mol. The summed E-state index contributed by atoms with van der Waals surface area (Å²) in [7, 11) is 0. The minimum Gasteiger partial charge on any atom is -0.375 e. The highest BCUT2D eigenvalue weighted by Crippen LogP contribution is 2.32. The minimum absolute atomic E-state index is 0.678. The van der Waals surface area contributed by atoms with Crippen molar-refractivity contribution >= 4 is 11.3 Å². The topological polar surface area (TPSA) is 34.2 Å². The van der Waals surface area contributed by atoms with Crippen molar-refractivity contribution in [1.29, 1.82) is 0 Å². The maximum absolute atomic E-state index is 5.63. The number of hydrogen-bond donors (Lipinski definition) is 1. The first kappa shape index (κ1) is 13.0. The second-order valence-corrected chi connectivity index (χ2v) is 5.64. The van der Waals surface area contributed by atoms with Crippen LogP contribution in [0.5, 0.6) is 0 Å². The summed E-state index contributed by atoms with van der Waals surface area (Å²) in [6.07, 6.45) is 5.22. The van der Waals surface area contributed by atoms with Crippen molar-refractivity contribution < 1.29 is 4.74 Å². The van der Waals surface area contributed by atoms with Crippen LogP contribution in [0.2, 0.25) is 0 Å². The van der Waals surface area contributed by atoms with Gasteiger partial charge in [0.15, 0.2) is 0 Å². The Kier molecular flexibility index (Phi) is 5.42. The number of ether oxygens (including phenoxy) is 1. The molecule has 17 heavy (non-hydrogen) atoms. The molecule has 0 radical (unpaired) electrons. The fraction of sp³-hybridized carbons (Fsp3) is 0.769. The van der Waals surface area contributed by atoms with E-state index in [1.54, 1.807) is 11.3 Å². The number of nitrogens with one attached hydrogen (secondary N) is 1. The van der Waals surface area contributed by atoms with Crippen molar-refractivity contribution in [2.75, 3.05) is 13.2 Å². The summed E-state index contributed by atoms with van der Waals surface area (Å²) >= 11 is 1.72. The molecule has 1 aliphatic rings. The number of aromatic nitrogens is 1. The average Bonchev–Trinajstić information content (AvgIpc) is 3.05. The van der Waals surface area contributed by atoms with Crippen molar-refractivity contribution in [1.82, 2.24) is 10.3 Å². The third-order valence-electron chi connectivity index (χ3n) is 2.92. The van der Waals surface area contributed by atoms with Gasteiger partial charge in [-0.05, 0) is 25.3 Å². The first-order valence-electron chi connectivity index (χ1n) is 6.60. The van der Waals surface area contributed by atoms with E-state index in [9.17, 15) is 0 Å². The normalized spacial score (nSPS) is 15.4. The lowest BCUT2D eigenvalue weighted by Crippen LogP contribution is -2.13. The van der Waals surface area contributed by atoms with E-state index >= 15 is 0 Å². The monoisotopic (exact) mass is 254 g/mol. The third-order valence-corrected chi connectivity index (χ3v) is 3.82. The molecule has 1 aromatic heterocycles. The van der Waals surface area contributed by atoms with Crippen molar-refractivity contribution in [3.63, 3.8) is 0 Å². The molecule has 1 fully saturated rings. The zero-order valence-electron chi connectivity index (χ0n) is 10.6. The molecule has 1 saturated carbocycles. The molecule has 0 spiro atoms. The van der Waals surface area contributed by atoms with E-state index in [4.69, 9.17) is 4.74 Å². The van der Waals surface area contributed by atoms with Gasteiger partial charge in [0.2, 0.25) is 0 Å². The molecule has 96 valence electrons. The molecule has 1 heterocycles. The molecule has 0 unspecified atom stereocenters. The van der Waals surface area contributed by atoms with Crippen LogP contribution in [-0.4, -0.2) is 18.1 Å². The lowest BCUT2D eigenvalue weighted by atomic mass is 10.3. The summed E-state index contributed by atoms with van der Waals surface area (Å²) in [6, 6.07) is 0. The molecule has 0 aromatic carbocycles. The Hall–Kier alpha value is -0.450. The van der Waals surface area contributed by atoms with Crippen molar-refractivity contribution in [3.05, 3.63) is 16.1 Å². The summed E-state index contributed by atoms with van der Waals surface area (Å²) in [6.45, 7) is 5.70. The van der Waals surface area contributed by atoms with Crippen LogP contribution in [0.4, 0.5) is 0 Å². The van der Waals surface area contributed by atoms with Gasteiger partial charge < -0.3 is 10.1 Å². The zero-order valence-corrected chi connectivity index (χ0v) is 11.4. The summed E-state index contributed by atoms with van der Waals surface area (Å²) in [4.78, 5) is 4.55. The van der Waals surface area contributed by atoms with Crippen molar-refractivity contribution in [3.8, 4) is 0 Å². The van der Waals surface area contributed by atoms with Crippen LogP contribution >= 0.6 is 11.3 Å². The average molecular weight is 254 g/mol. The van der Waals surface area contributed by atoms with Crippen LogP contribution < -0.4 is 5.32 Å². The van der Waals surface area contributed by atoms with Gasteiger partial charge in [-0.1, -0.05) is 19.8 Å². The molecule has 0 atom stereocenters. The van der Waals surface area contributed by atoms with Gasteiger partial charge in [-0.15, -0.1) is 11.3 Å². The van der Waals surface area contributed by atoms with E-state index in [-0.39, 0.29) is 0 Å². The number of rotatable bonds is 9. The van der Waals surface area contributed by atoms with Gasteiger partial charge in [0.05, 0.1) is 12.3 Å². The Labute approximate surface area is 108 Å². The van der Waals surface area contributed by atoms with Crippen LogP contribution in [0.3, 0.4) is 0 Å². The largest absolute Gasteiger partial charge is 0.375 e. The summed E-state index contributed by atoms with van der Waals surface area (Å²) < 4.78 is 5.63. The summed E-state index contributed by atoms with van der Waals surface area (Å²) in [5.74, 6) is 0.958. The standard InChI is InChI=1S/C13H22N2OS/c1-2-6-14-8-13-15-12(10-17-13)9-16-7-5-11-3-4-11/h10-11,14H,2-9H2,1H3. The van der Waals surface area contributed by atoms with Gasteiger partial charge >= 0.3 is 0 Å². The molecule has 1 aromatic rings. The molecule has 1 aliphatic carbocycles. The number of hydrogen-bond acceptors (Lipinski definition) is 4. The summed E-state index contributed by atoms with van der Waals surface area (Å²) in [5.41, 5.74) is 1.08. The van der Waals surface area contributed by atoms with E-state index in [0.29, 0.717) is 6.61 Å². The van der Waals surface area contributed by atoms with Crippen LogP contribution in [0, 0.1) is 5.92 Å². The molecule has 4 heteroatoms. The quantitative estimate of drug-likeness (QED) is 0.688. The second-order valence-electron chi connectivity index (χ2n) is 4.69. The molecule has 0 saturated heterocycles. The number of nitrogens with zero attached hydrogens (tertiary/aromatic N) is 1. The van der Waals surface area contributed by atoms with Gasteiger partial charge in [-0.25, -0.2) is 4.98 Å². The molecular weight excluding hydrogens is 232 g/mol. The van der Waals surface area contributed by atoms with Crippen molar-refractivity contribution in [2.45, 2.75) is 45.8 Å². The van der Waals surface area contributed by atoms with Crippen LogP contribution in [0.25, 0.3) is 0 Å². The zero-order chi connectivity index (χ0) is 11.9. The van der Waals surface area contributed by atoms with Gasteiger partial charge in [-0.2, -0.15) is 0 Å². The molecule has 0 bridgehead atoms. The second kappa shape index (κ2) is 7.09. The van der Waals surface area contributed by atoms with Crippen LogP contribution in [0.15, 0.2) is 5.38 Å². The van der Waals surface area contributed by atoms with E-state index < -0.39 is 0 Å². The Morgan fingerprint density at radius 3 is 3.18 bits per heavy atom. The fourth-order valence-corrected chi connectivity index (χ4v) is 2.45. The van der Waals surface area contributed by atoms with Gasteiger partial charge in [0.1, 0.15) is 5.01 Å². The Morgan fingerprint density at radius 1 is 1.53 bits per heavy atom. The van der Waals surface area contributed by atoms with E-state index in [2.05, 4.69) is 22.6 Å². The van der Waals surface area contributed by atoms with Gasteiger partial charge in [-0.3, -0.25) is 0 Å². The maximum Gasteiger partial charge on any atom is 0.107 e. The highest BCUT2D eigenvalue weighted by Gasteiger charge is 2.20. The predicted octanol–water partition coefficient (Wildman–Crippen LogP) is 2.96. The SMILES string of the molecule is CCCNCc1nc(COCCC2CC2)cs1. The van der Waals surface area contributed by atoms with Crippen LogP contribution in [-0.2, 0) is 17.9 Å². The smallest absolute Gasteiger partial charge is 0.107 e. The number of thiazole rings is 1. The maximum atomic E-state index is 5.63. The first-order valence-corrected chi connectivity index (χ1v) is 7.48. The highest BCUT2D eigenvalue weighted by molar-refractivity contribution is 7.09. The molecule has 0 aliphatic heterocycles. The molecule has 0 amide bonds. The fourth-order valence-electron chi connectivity index (χ4n) is 1.70. The lowest BCUT2D eigenvalue weighted by Gasteiger charge is -2.00. The lowest BCUT2D eigenvalue weighted by molar-refractivity contribution is 0.113. The molecule has 3 nitrogen and oxygen atoms in total. The first-order chi connectivity index (χ1) is 8.38. The molecular formula is C13H22N2OS. The Morgan fingerprint density at radius 2 is 2.41 bits per heavy atom. The highest BCUT2D eigenvalue weighted by atomic mass is 32.1. The van der Waals surface area contributed by atoms with Gasteiger partial charge in [0, 0.05) is 18.5 Å². The van der Waals surface area contributed by atoms with Crippen molar-refractivity contribution in [2.24, 2.45) is 5.92 Å². The molecule has 1 N–H and O–H groups in total. The Balaban J connectivity index is 1.59. The van der Waals surface area contributed by atoms with Crippen LogP contribution in [0.1, 0.15) is 43.3 Å². The minimum atomic E-state index is 0.678. The third kappa shape index (κ3) is 5.15.